The van der Waals surface area contributed by atoms with Crippen molar-refractivity contribution in [1.29, 1.82) is 0 Å². The van der Waals surface area contributed by atoms with Gasteiger partial charge in [-0.25, -0.2) is 9.67 Å². The molecule has 3 aromatic heterocycles. The van der Waals surface area contributed by atoms with Crippen LogP contribution >= 0.6 is 15.9 Å². The second-order valence-electron chi connectivity index (χ2n) is 6.43. The number of rotatable bonds is 5. The van der Waals surface area contributed by atoms with E-state index in [0.29, 0.717) is 6.61 Å². The van der Waals surface area contributed by atoms with Crippen LogP contribution in [0, 0.1) is 5.92 Å². The van der Waals surface area contributed by atoms with Gasteiger partial charge in [-0.15, -0.1) is 5.10 Å². The summed E-state index contributed by atoms with van der Waals surface area (Å²) in [5.41, 5.74) is 3.80. The molecule has 0 aliphatic heterocycles. The number of nitrogens with zero attached hydrogens (tertiary/aromatic N) is 5. The molecule has 0 unspecified atom stereocenters. The minimum absolute atomic E-state index is 0.436. The van der Waals surface area contributed by atoms with Crippen molar-refractivity contribution in [3.8, 4) is 5.75 Å². The summed E-state index contributed by atoms with van der Waals surface area (Å²) < 4.78 is 10.9. The Kier molecular flexibility index (Phi) is 3.48. The molecule has 1 saturated carbocycles. The van der Waals surface area contributed by atoms with Gasteiger partial charge in [-0.3, -0.25) is 0 Å². The first-order valence-corrected chi connectivity index (χ1v) is 9.14. The van der Waals surface area contributed by atoms with Crippen molar-refractivity contribution < 1.29 is 4.74 Å². The number of halogens is 1. The quantitative estimate of drug-likeness (QED) is 0.513. The van der Waals surface area contributed by atoms with Crippen LogP contribution in [-0.2, 0) is 13.2 Å². The van der Waals surface area contributed by atoms with Crippen molar-refractivity contribution in [2.45, 2.75) is 26.0 Å². The fraction of sp³-hybridized carbons (Fsp3) is 0.278. The lowest BCUT2D eigenvalue weighted by Crippen LogP contribution is -2.02. The number of ether oxygens (including phenoxy) is 1. The van der Waals surface area contributed by atoms with Gasteiger partial charge >= 0.3 is 0 Å². The Hall–Kier alpha value is -2.41. The largest absolute Gasteiger partial charge is 0.486 e. The number of benzene rings is 1. The highest BCUT2D eigenvalue weighted by atomic mass is 79.9. The van der Waals surface area contributed by atoms with E-state index in [1.54, 1.807) is 0 Å². The highest BCUT2D eigenvalue weighted by molar-refractivity contribution is 9.10. The molecule has 0 bridgehead atoms. The summed E-state index contributed by atoms with van der Waals surface area (Å²) in [4.78, 5) is 4.39. The molecule has 5 rings (SSSR count). The monoisotopic (exact) mass is 397 g/mol. The van der Waals surface area contributed by atoms with Crippen LogP contribution < -0.4 is 4.74 Å². The van der Waals surface area contributed by atoms with E-state index >= 15 is 0 Å². The van der Waals surface area contributed by atoms with Crippen molar-refractivity contribution in [1.82, 2.24) is 24.4 Å². The maximum absolute atomic E-state index is 6.02. The highest BCUT2D eigenvalue weighted by Gasteiger charge is 2.23. The Morgan fingerprint density at radius 2 is 2.12 bits per heavy atom. The minimum Gasteiger partial charge on any atom is -0.486 e. The van der Waals surface area contributed by atoms with E-state index in [-0.39, 0.29) is 0 Å². The molecule has 0 radical (unpaired) electrons. The van der Waals surface area contributed by atoms with Gasteiger partial charge in [-0.05, 0) is 59.0 Å². The third-order valence-electron chi connectivity index (χ3n) is 4.59. The molecule has 126 valence electrons. The van der Waals surface area contributed by atoms with E-state index in [9.17, 15) is 0 Å². The number of hydrogen-bond donors (Lipinski definition) is 0. The standard InChI is InChI=1S/C18H16BrN5O/c19-17-15(25-11-13-9-20-16-3-1-2-8-23(13)16)7-6-14-18(17)21-22-24(14)10-12-4-5-12/h1-3,6-9,12H,4-5,10-11H2. The van der Waals surface area contributed by atoms with E-state index in [1.807, 2.05) is 51.8 Å². The number of aromatic nitrogens is 5. The first kappa shape index (κ1) is 14.9. The lowest BCUT2D eigenvalue weighted by Gasteiger charge is -2.09. The fourth-order valence-electron chi connectivity index (χ4n) is 3.02. The number of pyridine rings is 1. The molecule has 4 aromatic rings. The van der Waals surface area contributed by atoms with E-state index in [2.05, 4.69) is 31.2 Å². The average molecular weight is 398 g/mol. The molecule has 0 saturated heterocycles. The molecular formula is C18H16BrN5O. The van der Waals surface area contributed by atoms with Gasteiger partial charge in [0.1, 0.15) is 23.5 Å². The Labute approximate surface area is 152 Å². The minimum atomic E-state index is 0.436. The van der Waals surface area contributed by atoms with E-state index < -0.39 is 0 Å². The van der Waals surface area contributed by atoms with E-state index in [0.717, 1.165) is 45.1 Å². The molecule has 0 N–H and O–H groups in total. The fourth-order valence-corrected chi connectivity index (χ4v) is 3.55. The number of imidazole rings is 1. The third-order valence-corrected chi connectivity index (χ3v) is 5.35. The second kappa shape index (κ2) is 5.84. The summed E-state index contributed by atoms with van der Waals surface area (Å²) in [5.74, 6) is 1.52. The van der Waals surface area contributed by atoms with Gasteiger partial charge in [0.15, 0.2) is 0 Å². The number of hydrogen-bond acceptors (Lipinski definition) is 4. The van der Waals surface area contributed by atoms with E-state index in [1.165, 1.54) is 12.8 Å². The maximum atomic E-state index is 6.02. The van der Waals surface area contributed by atoms with Crippen LogP contribution in [0.15, 0.2) is 47.2 Å². The first-order chi connectivity index (χ1) is 12.3. The molecular weight excluding hydrogens is 382 g/mol. The normalized spacial score (nSPS) is 14.4. The predicted octanol–water partition coefficient (Wildman–Crippen LogP) is 3.83. The lowest BCUT2D eigenvalue weighted by molar-refractivity contribution is 0.299. The average Bonchev–Trinajstić information content (AvgIpc) is 3.21. The third kappa shape index (κ3) is 2.68. The van der Waals surface area contributed by atoms with E-state index in [4.69, 9.17) is 4.74 Å². The Bertz CT molecular complexity index is 1070. The van der Waals surface area contributed by atoms with Gasteiger partial charge in [0.2, 0.25) is 0 Å². The topological polar surface area (TPSA) is 57.2 Å². The van der Waals surface area contributed by atoms with Gasteiger partial charge in [0, 0.05) is 12.7 Å². The van der Waals surface area contributed by atoms with Gasteiger partial charge in [0.25, 0.3) is 0 Å². The Morgan fingerprint density at radius 1 is 1.20 bits per heavy atom. The van der Waals surface area contributed by atoms with Crippen molar-refractivity contribution in [2.75, 3.05) is 0 Å². The van der Waals surface area contributed by atoms with Crippen LogP contribution in [0.3, 0.4) is 0 Å². The second-order valence-corrected chi connectivity index (χ2v) is 7.22. The molecule has 7 heteroatoms. The van der Waals surface area contributed by atoms with Crippen LogP contribution in [0.1, 0.15) is 18.5 Å². The van der Waals surface area contributed by atoms with Gasteiger partial charge in [0.05, 0.1) is 21.9 Å². The summed E-state index contributed by atoms with van der Waals surface area (Å²) in [6, 6.07) is 9.94. The van der Waals surface area contributed by atoms with Gasteiger partial charge < -0.3 is 9.14 Å². The van der Waals surface area contributed by atoms with Crippen LogP contribution in [0.5, 0.6) is 5.75 Å². The van der Waals surface area contributed by atoms with Crippen molar-refractivity contribution in [3.63, 3.8) is 0 Å². The van der Waals surface area contributed by atoms with Crippen LogP contribution in [-0.4, -0.2) is 24.4 Å². The van der Waals surface area contributed by atoms with Crippen molar-refractivity contribution in [2.24, 2.45) is 5.92 Å². The summed E-state index contributed by atoms with van der Waals surface area (Å²) >= 11 is 3.63. The van der Waals surface area contributed by atoms with Crippen LogP contribution in [0.25, 0.3) is 16.7 Å². The smallest absolute Gasteiger partial charge is 0.136 e. The summed E-state index contributed by atoms with van der Waals surface area (Å²) in [6.45, 7) is 1.39. The molecule has 25 heavy (non-hydrogen) atoms. The van der Waals surface area contributed by atoms with Crippen molar-refractivity contribution in [3.05, 3.63) is 52.9 Å². The number of fused-ring (bicyclic) bond motifs is 2. The lowest BCUT2D eigenvalue weighted by atomic mass is 10.3. The molecule has 1 aromatic carbocycles. The van der Waals surface area contributed by atoms with Gasteiger partial charge in [-0.1, -0.05) is 11.3 Å². The Morgan fingerprint density at radius 3 is 3.00 bits per heavy atom. The zero-order valence-corrected chi connectivity index (χ0v) is 15.1. The molecule has 1 aliphatic carbocycles. The predicted molar refractivity (Wildman–Crippen MR) is 97.5 cm³/mol. The SMILES string of the molecule is Brc1c(OCc2cnc3ccccn23)ccc2c1nnn2CC1CC1. The molecule has 0 spiro atoms. The molecule has 0 atom stereocenters. The summed E-state index contributed by atoms with van der Waals surface area (Å²) in [7, 11) is 0. The summed E-state index contributed by atoms with van der Waals surface area (Å²) in [6.07, 6.45) is 6.42. The molecule has 6 nitrogen and oxygen atoms in total. The molecule has 0 amide bonds. The van der Waals surface area contributed by atoms with Gasteiger partial charge in [-0.2, -0.15) is 0 Å². The summed E-state index contributed by atoms with van der Waals surface area (Å²) in [5, 5.41) is 8.62. The zero-order valence-electron chi connectivity index (χ0n) is 13.5. The molecule has 1 aliphatic rings. The van der Waals surface area contributed by atoms with Crippen molar-refractivity contribution >= 4 is 32.6 Å². The highest BCUT2D eigenvalue weighted by Crippen LogP contribution is 2.35. The molecule has 1 fully saturated rings. The van der Waals surface area contributed by atoms with Crippen LogP contribution in [0.2, 0.25) is 0 Å². The Balaban J connectivity index is 1.42. The first-order valence-electron chi connectivity index (χ1n) is 8.35. The van der Waals surface area contributed by atoms with Crippen LogP contribution in [0.4, 0.5) is 0 Å². The zero-order chi connectivity index (χ0) is 16.8. The molecule has 3 heterocycles. The maximum Gasteiger partial charge on any atom is 0.136 e.